The van der Waals surface area contributed by atoms with E-state index in [0.717, 1.165) is 14.9 Å². The van der Waals surface area contributed by atoms with Crippen molar-refractivity contribution in [3.8, 4) is 0 Å². The fraction of sp³-hybridized carbons (Fsp3) is 0.308. The van der Waals surface area contributed by atoms with Gasteiger partial charge in [0.1, 0.15) is 0 Å². The van der Waals surface area contributed by atoms with Crippen molar-refractivity contribution in [1.82, 2.24) is 4.90 Å². The van der Waals surface area contributed by atoms with Crippen molar-refractivity contribution in [3.05, 3.63) is 28.2 Å². The van der Waals surface area contributed by atoms with E-state index in [1.54, 1.807) is 12.1 Å². The number of primary amides is 1. The fourth-order valence-electron chi connectivity index (χ4n) is 1.74. The number of halogens is 1. The third-order valence-electron chi connectivity index (χ3n) is 2.57. The molecule has 0 spiro atoms. The highest BCUT2D eigenvalue weighted by Gasteiger charge is 2.16. The summed E-state index contributed by atoms with van der Waals surface area (Å²) in [6.07, 6.45) is 0. The van der Waals surface area contributed by atoms with Gasteiger partial charge in [-0.05, 0) is 30.7 Å². The zero-order valence-electron chi connectivity index (χ0n) is 11.4. The number of aliphatic carboxylic acids is 1. The van der Waals surface area contributed by atoms with Gasteiger partial charge >= 0.3 is 5.97 Å². The van der Waals surface area contributed by atoms with Crippen LogP contribution in [0.4, 0.5) is 5.69 Å². The van der Waals surface area contributed by atoms with Gasteiger partial charge in [0.25, 0.3) is 0 Å². The predicted molar refractivity (Wildman–Crippen MR) is 80.8 cm³/mol. The molecule has 2 amide bonds. The first kappa shape index (κ1) is 17.1. The number of carbonyl (C=O) groups is 3. The highest BCUT2D eigenvalue weighted by Crippen LogP contribution is 2.19. The molecule has 0 fully saturated rings. The Kier molecular flexibility index (Phi) is 6.32. The van der Waals surface area contributed by atoms with E-state index in [4.69, 9.17) is 10.8 Å². The summed E-state index contributed by atoms with van der Waals surface area (Å²) in [6, 6.07) is 5.35. The number of nitrogens with one attached hydrogen (secondary N) is 1. The molecule has 0 saturated carbocycles. The lowest BCUT2D eigenvalue weighted by atomic mass is 10.2. The molecular formula is C13H16BrN3O4. The molecule has 7 nitrogen and oxygen atoms in total. The first-order valence-electron chi connectivity index (χ1n) is 6.06. The van der Waals surface area contributed by atoms with Crippen LogP contribution in [0.15, 0.2) is 22.7 Å². The number of anilines is 1. The van der Waals surface area contributed by atoms with Crippen LogP contribution in [0.1, 0.15) is 5.56 Å². The van der Waals surface area contributed by atoms with Crippen molar-refractivity contribution in [2.24, 2.45) is 5.73 Å². The second kappa shape index (κ2) is 7.75. The van der Waals surface area contributed by atoms with E-state index >= 15 is 0 Å². The Bertz CT molecular complexity index is 546. The molecule has 1 rings (SSSR count). The number of amides is 2. The van der Waals surface area contributed by atoms with Gasteiger partial charge in [-0.15, -0.1) is 0 Å². The molecule has 0 unspecified atom stereocenters. The molecule has 1 aromatic rings. The van der Waals surface area contributed by atoms with Crippen LogP contribution >= 0.6 is 15.9 Å². The third-order valence-corrected chi connectivity index (χ3v) is 3.06. The topological polar surface area (TPSA) is 113 Å². The summed E-state index contributed by atoms with van der Waals surface area (Å²) in [7, 11) is 0. The van der Waals surface area contributed by atoms with Crippen LogP contribution in [-0.4, -0.2) is 47.4 Å². The van der Waals surface area contributed by atoms with E-state index in [0.29, 0.717) is 5.69 Å². The maximum absolute atomic E-state index is 11.9. The van der Waals surface area contributed by atoms with Crippen LogP contribution in [0, 0.1) is 6.92 Å². The Hall–Kier alpha value is -1.93. The quantitative estimate of drug-likeness (QED) is 0.660. The Morgan fingerprint density at radius 1 is 1.29 bits per heavy atom. The van der Waals surface area contributed by atoms with Crippen molar-refractivity contribution in [3.63, 3.8) is 0 Å². The molecule has 0 aliphatic heterocycles. The lowest BCUT2D eigenvalue weighted by Crippen LogP contribution is -2.41. The Morgan fingerprint density at radius 3 is 2.48 bits per heavy atom. The SMILES string of the molecule is Cc1cc(Br)ccc1NC(=O)CN(CC(N)=O)CC(=O)O. The van der Waals surface area contributed by atoms with Crippen molar-refractivity contribution in [1.29, 1.82) is 0 Å². The number of carbonyl (C=O) groups excluding carboxylic acids is 2. The summed E-state index contributed by atoms with van der Waals surface area (Å²) in [5, 5.41) is 11.4. The number of rotatable bonds is 7. The number of carboxylic acid groups (broad SMARTS) is 1. The summed E-state index contributed by atoms with van der Waals surface area (Å²) < 4.78 is 0.888. The van der Waals surface area contributed by atoms with E-state index in [9.17, 15) is 14.4 Å². The highest BCUT2D eigenvalue weighted by molar-refractivity contribution is 9.10. The zero-order chi connectivity index (χ0) is 16.0. The van der Waals surface area contributed by atoms with Gasteiger partial charge in [0.15, 0.2) is 0 Å². The molecule has 0 aliphatic carbocycles. The van der Waals surface area contributed by atoms with Gasteiger partial charge in [-0.1, -0.05) is 15.9 Å². The van der Waals surface area contributed by atoms with Crippen LogP contribution in [0.2, 0.25) is 0 Å². The lowest BCUT2D eigenvalue weighted by Gasteiger charge is -2.18. The summed E-state index contributed by atoms with van der Waals surface area (Å²) in [5.41, 5.74) is 6.51. The maximum Gasteiger partial charge on any atom is 0.317 e. The van der Waals surface area contributed by atoms with E-state index in [-0.39, 0.29) is 13.1 Å². The van der Waals surface area contributed by atoms with Crippen molar-refractivity contribution in [2.45, 2.75) is 6.92 Å². The van der Waals surface area contributed by atoms with Crippen LogP contribution in [0.25, 0.3) is 0 Å². The highest BCUT2D eigenvalue weighted by atomic mass is 79.9. The normalized spacial score (nSPS) is 10.4. The standard InChI is InChI=1S/C13H16BrN3O4/c1-8-4-9(14)2-3-10(8)16-12(19)6-17(5-11(15)18)7-13(20)21/h2-4H,5-7H2,1H3,(H2,15,18)(H,16,19)(H,20,21). The molecule has 0 heterocycles. The van der Waals surface area contributed by atoms with Crippen molar-refractivity contribution >= 4 is 39.4 Å². The molecule has 8 heteroatoms. The van der Waals surface area contributed by atoms with E-state index in [1.807, 2.05) is 13.0 Å². The molecule has 0 radical (unpaired) electrons. The van der Waals surface area contributed by atoms with Crippen LogP contribution < -0.4 is 11.1 Å². The number of aryl methyl sites for hydroxylation is 1. The average molecular weight is 358 g/mol. The Balaban J connectivity index is 2.68. The largest absolute Gasteiger partial charge is 0.480 e. The van der Waals surface area contributed by atoms with E-state index < -0.39 is 24.3 Å². The molecule has 1 aromatic carbocycles. The third kappa shape index (κ3) is 6.37. The van der Waals surface area contributed by atoms with Gasteiger partial charge in [-0.3, -0.25) is 19.3 Å². The zero-order valence-corrected chi connectivity index (χ0v) is 13.0. The van der Waals surface area contributed by atoms with Crippen molar-refractivity contribution in [2.75, 3.05) is 25.0 Å². The van der Waals surface area contributed by atoms with Gasteiger partial charge in [0.2, 0.25) is 11.8 Å². The average Bonchev–Trinajstić information content (AvgIpc) is 2.30. The number of hydrogen-bond donors (Lipinski definition) is 3. The fourth-order valence-corrected chi connectivity index (χ4v) is 2.22. The van der Waals surface area contributed by atoms with E-state index in [1.165, 1.54) is 0 Å². The molecule has 0 saturated heterocycles. The van der Waals surface area contributed by atoms with Gasteiger partial charge in [-0.2, -0.15) is 0 Å². The first-order valence-corrected chi connectivity index (χ1v) is 6.85. The van der Waals surface area contributed by atoms with E-state index in [2.05, 4.69) is 21.2 Å². The van der Waals surface area contributed by atoms with Crippen LogP contribution in [0.3, 0.4) is 0 Å². The second-order valence-electron chi connectivity index (χ2n) is 4.51. The van der Waals surface area contributed by atoms with Gasteiger partial charge in [0, 0.05) is 10.2 Å². The summed E-state index contributed by atoms with van der Waals surface area (Å²) >= 11 is 3.32. The number of benzene rings is 1. The first-order chi connectivity index (χ1) is 9.77. The molecule has 114 valence electrons. The molecule has 0 aromatic heterocycles. The summed E-state index contributed by atoms with van der Waals surface area (Å²) in [5.74, 6) is -2.24. The minimum atomic E-state index is -1.14. The monoisotopic (exact) mass is 357 g/mol. The van der Waals surface area contributed by atoms with Gasteiger partial charge in [0.05, 0.1) is 19.6 Å². The maximum atomic E-state index is 11.9. The molecule has 0 bridgehead atoms. The Morgan fingerprint density at radius 2 is 1.95 bits per heavy atom. The number of nitrogens with zero attached hydrogens (tertiary/aromatic N) is 1. The molecule has 0 atom stereocenters. The number of nitrogens with two attached hydrogens (primary N) is 1. The minimum Gasteiger partial charge on any atom is -0.480 e. The van der Waals surface area contributed by atoms with Crippen LogP contribution in [-0.2, 0) is 14.4 Å². The molecule has 0 aliphatic rings. The predicted octanol–water partition coefficient (Wildman–Crippen LogP) is 0.568. The lowest BCUT2D eigenvalue weighted by molar-refractivity contribution is -0.138. The van der Waals surface area contributed by atoms with Crippen molar-refractivity contribution < 1.29 is 19.5 Å². The smallest absolute Gasteiger partial charge is 0.317 e. The van der Waals surface area contributed by atoms with Gasteiger partial charge in [-0.25, -0.2) is 0 Å². The molecule has 4 N–H and O–H groups in total. The minimum absolute atomic E-state index is 0.231. The second-order valence-corrected chi connectivity index (χ2v) is 5.43. The summed E-state index contributed by atoms with van der Waals surface area (Å²) in [6.45, 7) is 0.873. The van der Waals surface area contributed by atoms with Crippen LogP contribution in [0.5, 0.6) is 0 Å². The molecule has 21 heavy (non-hydrogen) atoms. The number of carboxylic acids is 1. The van der Waals surface area contributed by atoms with Gasteiger partial charge < -0.3 is 16.2 Å². The Labute approximate surface area is 130 Å². The summed E-state index contributed by atoms with van der Waals surface area (Å²) in [4.78, 5) is 34.6. The number of hydrogen-bond acceptors (Lipinski definition) is 4. The molecular weight excluding hydrogens is 342 g/mol.